The Bertz CT molecular complexity index is 837. The van der Waals surface area contributed by atoms with Gasteiger partial charge in [-0.3, -0.25) is 0 Å². The van der Waals surface area contributed by atoms with Crippen LogP contribution >= 0.6 is 11.8 Å². The Morgan fingerprint density at radius 3 is 2.03 bits per heavy atom. The van der Waals surface area contributed by atoms with E-state index in [2.05, 4.69) is 24.3 Å². The van der Waals surface area contributed by atoms with Gasteiger partial charge in [0.15, 0.2) is 6.29 Å². The lowest BCUT2D eigenvalue weighted by atomic mass is 9.90. The van der Waals surface area contributed by atoms with Gasteiger partial charge in [-0.15, -0.1) is 11.8 Å². The molecule has 4 heteroatoms. The number of benzene rings is 1. The minimum absolute atomic E-state index is 0.0174. The summed E-state index contributed by atoms with van der Waals surface area (Å²) in [4.78, 5) is 1.32. The molecule has 2 unspecified atom stereocenters. The third-order valence-electron chi connectivity index (χ3n) is 6.05. The average molecular weight is 451 g/mol. The van der Waals surface area contributed by atoms with Crippen molar-refractivity contribution in [3.8, 4) is 5.75 Å². The fraction of sp³-hybridized carbons (Fsp3) is 0.429. The highest BCUT2D eigenvalue weighted by Crippen LogP contribution is 2.39. The Morgan fingerprint density at radius 1 is 0.719 bits per heavy atom. The number of thioether (sulfide) groups is 1. The van der Waals surface area contributed by atoms with E-state index >= 15 is 0 Å². The molecule has 3 nitrogen and oxygen atoms in total. The molecule has 0 amide bonds. The lowest BCUT2D eigenvalue weighted by Crippen LogP contribution is -2.31. The Hall–Kier alpha value is -2.01. The van der Waals surface area contributed by atoms with Crippen molar-refractivity contribution in [2.24, 2.45) is 5.92 Å². The zero-order valence-corrected chi connectivity index (χ0v) is 19.6. The summed E-state index contributed by atoms with van der Waals surface area (Å²) in [5.41, 5.74) is 1.18. The quantitative estimate of drug-likeness (QED) is 0.465. The van der Waals surface area contributed by atoms with Gasteiger partial charge in [0.2, 0.25) is 0 Å². The lowest BCUT2D eigenvalue weighted by molar-refractivity contribution is -0.0874. The largest absolute Gasteiger partial charge is 0.489 e. The first-order valence-electron chi connectivity index (χ1n) is 11.9. The van der Waals surface area contributed by atoms with E-state index in [1.165, 1.54) is 49.0 Å². The van der Waals surface area contributed by atoms with E-state index in [1.54, 1.807) is 0 Å². The van der Waals surface area contributed by atoms with E-state index in [0.29, 0.717) is 17.8 Å². The van der Waals surface area contributed by atoms with Crippen molar-refractivity contribution >= 4 is 11.8 Å². The van der Waals surface area contributed by atoms with E-state index in [4.69, 9.17) is 14.2 Å². The summed E-state index contributed by atoms with van der Waals surface area (Å²) in [6.45, 7) is 2.04. The molecular formula is C28H34O3S. The molecule has 170 valence electrons. The van der Waals surface area contributed by atoms with Crippen LogP contribution in [0.4, 0.5) is 0 Å². The molecule has 2 atom stereocenters. The van der Waals surface area contributed by atoms with Gasteiger partial charge in [-0.2, -0.15) is 0 Å². The number of ether oxygens (including phenoxy) is 3. The first-order chi connectivity index (χ1) is 15.9. The fourth-order valence-corrected chi connectivity index (χ4v) is 5.71. The van der Waals surface area contributed by atoms with Gasteiger partial charge in [-0.1, -0.05) is 80.3 Å². The summed E-state index contributed by atoms with van der Waals surface area (Å²) in [5.74, 6) is 1.34. The maximum atomic E-state index is 6.03. The highest BCUT2D eigenvalue weighted by molar-refractivity contribution is 8.00. The first-order valence-corrected chi connectivity index (χ1v) is 12.8. The first kappa shape index (κ1) is 23.2. The molecule has 2 aromatic carbocycles. The third kappa shape index (κ3) is 7.26. The molecule has 0 radical (unpaired) electrons. The van der Waals surface area contributed by atoms with Gasteiger partial charge >= 0.3 is 0 Å². The van der Waals surface area contributed by atoms with E-state index in [1.807, 2.05) is 66.4 Å². The van der Waals surface area contributed by atoms with Crippen molar-refractivity contribution in [2.75, 3.05) is 13.2 Å². The molecule has 0 N–H and O–H groups in total. The van der Waals surface area contributed by atoms with Crippen LogP contribution in [-0.4, -0.2) is 24.8 Å². The molecule has 32 heavy (non-hydrogen) atoms. The molecule has 0 spiro atoms. The number of hydrogen-bond acceptors (Lipinski definition) is 4. The summed E-state index contributed by atoms with van der Waals surface area (Å²) in [5, 5.41) is 0.549. The van der Waals surface area contributed by atoms with Crippen LogP contribution in [0.5, 0.6) is 5.75 Å². The van der Waals surface area contributed by atoms with Crippen LogP contribution in [0, 0.1) is 5.92 Å². The summed E-state index contributed by atoms with van der Waals surface area (Å²) in [6.07, 6.45) is 7.69. The highest BCUT2D eigenvalue weighted by Gasteiger charge is 2.34. The molecule has 0 aromatic heterocycles. The normalized spacial score (nSPS) is 21.9. The van der Waals surface area contributed by atoms with Gasteiger partial charge in [-0.05, 0) is 42.7 Å². The molecule has 1 saturated heterocycles. The molecule has 2 aliphatic rings. The van der Waals surface area contributed by atoms with E-state index in [9.17, 15) is 0 Å². The molecular weight excluding hydrogens is 416 g/mol. The molecule has 1 aliphatic carbocycles. The topological polar surface area (TPSA) is 27.7 Å². The molecule has 1 saturated carbocycles. The zero-order valence-electron chi connectivity index (χ0n) is 18.7. The summed E-state index contributed by atoms with van der Waals surface area (Å²) < 4.78 is 17.9. The van der Waals surface area contributed by atoms with Gasteiger partial charge in [-0.25, -0.2) is 0 Å². The van der Waals surface area contributed by atoms with Gasteiger partial charge < -0.3 is 14.2 Å². The Balaban J connectivity index is 1.37. The Morgan fingerprint density at radius 2 is 1.34 bits per heavy atom. The van der Waals surface area contributed by atoms with Crippen LogP contribution < -0.4 is 4.74 Å². The number of rotatable bonds is 6. The van der Waals surface area contributed by atoms with Crippen molar-refractivity contribution in [3.63, 3.8) is 0 Å². The standard InChI is InChI=1S/C28H34O3S/c1-2-4-8-12-24(13-9-5-3-1)31-22-23-16-18-25(19-17-23)32-27-15-11-7-6-10-14-26(27)28-29-20-21-30-28/h1-5,8-9,12-13,16-19,26-28H,6-7,10-11,14-15,20-22H2. The minimum Gasteiger partial charge on any atom is -0.489 e. The second-order valence-electron chi connectivity index (χ2n) is 8.44. The maximum Gasteiger partial charge on any atom is 0.161 e. The monoisotopic (exact) mass is 450 g/mol. The Labute approximate surface area is 196 Å². The molecule has 1 aliphatic heterocycles. The van der Waals surface area contributed by atoms with Crippen molar-refractivity contribution in [2.45, 2.75) is 61.6 Å². The van der Waals surface area contributed by atoms with Crippen molar-refractivity contribution in [1.82, 2.24) is 0 Å². The predicted octanol–water partition coefficient (Wildman–Crippen LogP) is 7.19. The van der Waals surface area contributed by atoms with Crippen molar-refractivity contribution in [1.29, 1.82) is 0 Å². The zero-order chi connectivity index (χ0) is 21.8. The predicted molar refractivity (Wildman–Crippen MR) is 131 cm³/mol. The van der Waals surface area contributed by atoms with Crippen LogP contribution in [-0.2, 0) is 16.1 Å². The average Bonchev–Trinajstić information content (AvgIpc) is 3.34. The third-order valence-corrected chi connectivity index (χ3v) is 7.49. The lowest BCUT2D eigenvalue weighted by Gasteiger charge is -2.32. The molecule has 2 aromatic rings. The van der Waals surface area contributed by atoms with Crippen LogP contribution in [0.2, 0.25) is 0 Å². The summed E-state index contributed by atoms with van der Waals surface area (Å²) in [6, 6.07) is 26.9. The molecule has 1 heterocycles. The number of hydrogen-bond donors (Lipinski definition) is 0. The molecule has 0 bridgehead atoms. The van der Waals surface area contributed by atoms with E-state index in [-0.39, 0.29) is 6.29 Å². The van der Waals surface area contributed by atoms with Crippen LogP contribution in [0.15, 0.2) is 83.8 Å². The van der Waals surface area contributed by atoms with Crippen molar-refractivity contribution in [3.05, 3.63) is 84.4 Å². The van der Waals surface area contributed by atoms with Gasteiger partial charge in [0, 0.05) is 16.1 Å². The summed E-state index contributed by atoms with van der Waals surface area (Å²) in [7, 11) is 0. The summed E-state index contributed by atoms with van der Waals surface area (Å²) >= 11 is 2.00. The van der Waals surface area contributed by atoms with E-state index in [0.717, 1.165) is 19.0 Å². The van der Waals surface area contributed by atoms with E-state index < -0.39 is 0 Å². The highest BCUT2D eigenvalue weighted by atomic mass is 32.2. The molecule has 4 rings (SSSR count). The minimum atomic E-state index is -0.0174. The maximum absolute atomic E-state index is 6.03. The van der Waals surface area contributed by atoms with Gasteiger partial charge in [0.05, 0.1) is 13.2 Å². The smallest absolute Gasteiger partial charge is 0.161 e. The second kappa shape index (κ2) is 12.9. The van der Waals surface area contributed by atoms with Crippen LogP contribution in [0.3, 0.4) is 0 Å². The Kier molecular flexibility index (Phi) is 9.32. The second-order valence-corrected chi connectivity index (χ2v) is 9.75. The SMILES string of the molecule is c1ccccc(OCc2ccc(SC3CCCCCCC3C3OCCO3)cc2)cccc1. The van der Waals surface area contributed by atoms with Gasteiger partial charge in [0.1, 0.15) is 12.4 Å². The van der Waals surface area contributed by atoms with Crippen LogP contribution in [0.25, 0.3) is 0 Å². The fourth-order valence-electron chi connectivity index (χ4n) is 4.34. The van der Waals surface area contributed by atoms with Crippen molar-refractivity contribution < 1.29 is 14.2 Å². The van der Waals surface area contributed by atoms with Gasteiger partial charge in [0.25, 0.3) is 0 Å². The van der Waals surface area contributed by atoms with Crippen LogP contribution in [0.1, 0.15) is 44.1 Å². The molecule has 2 fully saturated rings.